The number of fused-ring (bicyclic) bond motifs is 1. The van der Waals surface area contributed by atoms with Crippen molar-refractivity contribution in [2.24, 2.45) is 0 Å². The topological polar surface area (TPSA) is 25.4 Å². The number of pyridine rings is 1. The molecule has 5 heteroatoms. The minimum atomic E-state index is 0.485. The van der Waals surface area contributed by atoms with Crippen LogP contribution in [0, 0.1) is 0 Å². The SMILES string of the molecule is COSN(C)c1cc2ccccc2cc1-c1ccnc(Cl)c1. The Morgan fingerprint density at radius 1 is 1.09 bits per heavy atom. The standard InChI is InChI=1S/C17H15ClN2OS/c1-20(22-21-2)16-10-13-6-4-3-5-12(13)9-15(16)14-7-8-19-17(18)11-14/h3-11H,1-2H3. The van der Waals surface area contributed by atoms with Crippen molar-refractivity contribution >= 4 is 40.3 Å². The van der Waals surface area contributed by atoms with Crippen molar-refractivity contribution in [3.63, 3.8) is 0 Å². The molecule has 3 aromatic rings. The van der Waals surface area contributed by atoms with Crippen molar-refractivity contribution in [2.45, 2.75) is 0 Å². The Morgan fingerprint density at radius 2 is 1.82 bits per heavy atom. The molecule has 1 aromatic heterocycles. The van der Waals surface area contributed by atoms with Crippen molar-refractivity contribution in [2.75, 3.05) is 18.5 Å². The Hall–Kier alpha value is -1.75. The van der Waals surface area contributed by atoms with Crippen LogP contribution in [0.5, 0.6) is 0 Å². The molecule has 112 valence electrons. The number of benzene rings is 2. The summed E-state index contributed by atoms with van der Waals surface area (Å²) >= 11 is 7.34. The molecule has 0 saturated carbocycles. The van der Waals surface area contributed by atoms with E-state index < -0.39 is 0 Å². The molecular weight excluding hydrogens is 316 g/mol. The summed E-state index contributed by atoms with van der Waals surface area (Å²) < 4.78 is 7.19. The Bertz CT molecular complexity index is 810. The minimum Gasteiger partial charge on any atom is -0.300 e. The molecule has 0 aliphatic rings. The van der Waals surface area contributed by atoms with Gasteiger partial charge in [0.2, 0.25) is 0 Å². The van der Waals surface area contributed by atoms with Crippen molar-refractivity contribution < 1.29 is 4.18 Å². The van der Waals surface area contributed by atoms with Crippen LogP contribution in [0.4, 0.5) is 5.69 Å². The van der Waals surface area contributed by atoms with Crippen molar-refractivity contribution in [3.05, 3.63) is 59.9 Å². The van der Waals surface area contributed by atoms with Crippen LogP contribution < -0.4 is 4.31 Å². The highest BCUT2D eigenvalue weighted by Crippen LogP contribution is 2.37. The third-order valence-corrected chi connectivity index (χ3v) is 4.20. The van der Waals surface area contributed by atoms with Gasteiger partial charge in [-0.15, -0.1) is 0 Å². The number of anilines is 1. The van der Waals surface area contributed by atoms with Crippen LogP contribution in [0.2, 0.25) is 5.15 Å². The molecule has 0 amide bonds. The van der Waals surface area contributed by atoms with Crippen LogP contribution in [0.3, 0.4) is 0 Å². The molecule has 3 rings (SSSR count). The van der Waals surface area contributed by atoms with E-state index in [1.165, 1.54) is 23.0 Å². The third-order valence-electron chi connectivity index (χ3n) is 3.43. The monoisotopic (exact) mass is 330 g/mol. The van der Waals surface area contributed by atoms with E-state index in [0.29, 0.717) is 5.15 Å². The second kappa shape index (κ2) is 6.57. The lowest BCUT2D eigenvalue weighted by Crippen LogP contribution is -2.08. The van der Waals surface area contributed by atoms with E-state index in [2.05, 4.69) is 29.2 Å². The number of hydrogen-bond donors (Lipinski definition) is 0. The first-order valence-corrected chi connectivity index (χ1v) is 7.86. The van der Waals surface area contributed by atoms with E-state index in [4.69, 9.17) is 15.8 Å². The van der Waals surface area contributed by atoms with Gasteiger partial charge in [-0.3, -0.25) is 4.31 Å². The predicted octanol–water partition coefficient (Wildman–Crippen LogP) is 5.20. The quantitative estimate of drug-likeness (QED) is 0.373. The van der Waals surface area contributed by atoms with Gasteiger partial charge < -0.3 is 4.18 Å². The molecule has 0 bridgehead atoms. The van der Waals surface area contributed by atoms with Crippen LogP contribution in [0.15, 0.2) is 54.7 Å². The highest BCUT2D eigenvalue weighted by molar-refractivity contribution is 7.96. The van der Waals surface area contributed by atoms with Crippen LogP contribution in [0.1, 0.15) is 0 Å². The van der Waals surface area contributed by atoms with Crippen molar-refractivity contribution in [1.29, 1.82) is 0 Å². The van der Waals surface area contributed by atoms with Crippen LogP contribution in [-0.4, -0.2) is 19.1 Å². The normalized spacial score (nSPS) is 10.9. The summed E-state index contributed by atoms with van der Waals surface area (Å²) in [5.74, 6) is 0. The van der Waals surface area contributed by atoms with E-state index in [1.54, 1.807) is 13.3 Å². The molecule has 0 radical (unpaired) electrons. The zero-order chi connectivity index (χ0) is 15.5. The molecule has 0 N–H and O–H groups in total. The first kappa shape index (κ1) is 15.2. The molecule has 0 aliphatic carbocycles. The van der Waals surface area contributed by atoms with E-state index >= 15 is 0 Å². The fourth-order valence-electron chi connectivity index (χ4n) is 2.44. The van der Waals surface area contributed by atoms with Gasteiger partial charge in [-0.25, -0.2) is 4.98 Å². The maximum atomic E-state index is 6.05. The average molecular weight is 331 g/mol. The lowest BCUT2D eigenvalue weighted by atomic mass is 10.00. The largest absolute Gasteiger partial charge is 0.300 e. The number of nitrogens with zero attached hydrogens (tertiary/aromatic N) is 2. The van der Waals surface area contributed by atoms with Gasteiger partial charge in [0.1, 0.15) is 17.4 Å². The van der Waals surface area contributed by atoms with E-state index in [0.717, 1.165) is 16.8 Å². The van der Waals surface area contributed by atoms with E-state index in [9.17, 15) is 0 Å². The Kier molecular flexibility index (Phi) is 4.52. The van der Waals surface area contributed by atoms with Gasteiger partial charge >= 0.3 is 0 Å². The molecule has 22 heavy (non-hydrogen) atoms. The van der Waals surface area contributed by atoms with Gasteiger partial charge in [0.05, 0.1) is 12.8 Å². The van der Waals surface area contributed by atoms with E-state index in [1.807, 2.05) is 35.6 Å². The molecule has 0 fully saturated rings. The molecule has 0 spiro atoms. The summed E-state index contributed by atoms with van der Waals surface area (Å²) in [5.41, 5.74) is 3.19. The van der Waals surface area contributed by atoms with Crippen molar-refractivity contribution in [1.82, 2.24) is 4.98 Å². The summed E-state index contributed by atoms with van der Waals surface area (Å²) in [5, 5.41) is 2.86. The summed E-state index contributed by atoms with van der Waals surface area (Å²) in [4.78, 5) is 4.06. The van der Waals surface area contributed by atoms with Gasteiger partial charge in [-0.1, -0.05) is 35.9 Å². The second-order valence-electron chi connectivity index (χ2n) is 4.82. The molecule has 1 heterocycles. The maximum Gasteiger partial charge on any atom is 0.129 e. The Balaban J connectivity index is 2.23. The number of halogens is 1. The molecule has 0 unspecified atom stereocenters. The number of hydrogen-bond acceptors (Lipinski definition) is 4. The fourth-order valence-corrected chi connectivity index (χ4v) is 3.07. The molecular formula is C17H15ClN2OS. The summed E-state index contributed by atoms with van der Waals surface area (Å²) in [6.45, 7) is 0. The summed E-state index contributed by atoms with van der Waals surface area (Å²) in [6, 6.07) is 16.5. The van der Waals surface area contributed by atoms with Gasteiger partial charge in [-0.2, -0.15) is 0 Å². The maximum absolute atomic E-state index is 6.05. The molecule has 2 aromatic carbocycles. The summed E-state index contributed by atoms with van der Waals surface area (Å²) in [7, 11) is 3.63. The third kappa shape index (κ3) is 3.04. The van der Waals surface area contributed by atoms with Crippen molar-refractivity contribution in [3.8, 4) is 11.1 Å². The van der Waals surface area contributed by atoms with Gasteiger partial charge in [0.15, 0.2) is 0 Å². The number of aromatic nitrogens is 1. The Labute approximate surface area is 139 Å². The first-order chi connectivity index (χ1) is 10.7. The molecule has 0 atom stereocenters. The summed E-state index contributed by atoms with van der Waals surface area (Å²) in [6.07, 6.45) is 1.72. The average Bonchev–Trinajstić information content (AvgIpc) is 2.54. The smallest absolute Gasteiger partial charge is 0.129 e. The zero-order valence-electron chi connectivity index (χ0n) is 12.3. The van der Waals surface area contributed by atoms with Crippen LogP contribution in [-0.2, 0) is 4.18 Å². The zero-order valence-corrected chi connectivity index (χ0v) is 13.9. The fraction of sp³-hybridized carbons (Fsp3) is 0.118. The lowest BCUT2D eigenvalue weighted by Gasteiger charge is -2.20. The predicted molar refractivity (Wildman–Crippen MR) is 95.2 cm³/mol. The molecule has 0 saturated heterocycles. The van der Waals surface area contributed by atoms with E-state index in [-0.39, 0.29) is 0 Å². The van der Waals surface area contributed by atoms with Gasteiger partial charge in [0, 0.05) is 18.8 Å². The van der Waals surface area contributed by atoms with Gasteiger partial charge in [-0.05, 0) is 40.6 Å². The van der Waals surface area contributed by atoms with Crippen LogP contribution >= 0.6 is 23.8 Å². The highest BCUT2D eigenvalue weighted by Gasteiger charge is 2.12. The first-order valence-electron chi connectivity index (χ1n) is 6.78. The second-order valence-corrected chi connectivity index (χ2v) is 6.24. The minimum absolute atomic E-state index is 0.485. The molecule has 3 nitrogen and oxygen atoms in total. The van der Waals surface area contributed by atoms with Crippen LogP contribution in [0.25, 0.3) is 21.9 Å². The Morgan fingerprint density at radius 3 is 2.50 bits per heavy atom. The number of rotatable bonds is 4. The van der Waals surface area contributed by atoms with Gasteiger partial charge in [0.25, 0.3) is 0 Å². The lowest BCUT2D eigenvalue weighted by molar-refractivity contribution is 0.489. The molecule has 0 aliphatic heterocycles. The highest BCUT2D eigenvalue weighted by atomic mass is 35.5.